The van der Waals surface area contributed by atoms with Gasteiger partial charge in [0.1, 0.15) is 4.90 Å². The molecule has 1 unspecified atom stereocenters. The first-order valence-corrected chi connectivity index (χ1v) is 10.8. The third-order valence-electron chi connectivity index (χ3n) is 4.52. The average Bonchev–Trinajstić information content (AvgIpc) is 2.76. The number of anilines is 1. The zero-order valence-corrected chi connectivity index (χ0v) is 17.0. The van der Waals surface area contributed by atoms with Gasteiger partial charge in [0.25, 0.3) is 10.1 Å². The van der Waals surface area contributed by atoms with E-state index in [0.717, 1.165) is 16.7 Å². The lowest BCUT2D eigenvalue weighted by atomic mass is 10.0. The first kappa shape index (κ1) is 21.7. The normalized spacial score (nSPS) is 12.8. The SMILES string of the molecule is O=S(=O)(O)c1cc(NCC(O)CO)ccc1C=Cc1ccc(-c2ccccc2)cc1. The highest BCUT2D eigenvalue weighted by Crippen LogP contribution is 2.24. The molecule has 4 N–H and O–H groups in total. The third kappa shape index (κ3) is 5.77. The second-order valence-corrected chi connectivity index (χ2v) is 8.16. The van der Waals surface area contributed by atoms with E-state index >= 15 is 0 Å². The van der Waals surface area contributed by atoms with Crippen LogP contribution in [0.15, 0.2) is 77.7 Å². The molecule has 156 valence electrons. The first-order valence-electron chi connectivity index (χ1n) is 9.35. The molecule has 0 bridgehead atoms. The number of aliphatic hydroxyl groups is 2. The summed E-state index contributed by atoms with van der Waals surface area (Å²) in [5.41, 5.74) is 3.80. The fourth-order valence-electron chi connectivity index (χ4n) is 2.91. The number of aliphatic hydroxyl groups excluding tert-OH is 2. The summed E-state index contributed by atoms with van der Waals surface area (Å²) in [4.78, 5) is -0.247. The predicted octanol–water partition coefficient (Wildman–Crippen LogP) is 3.54. The van der Waals surface area contributed by atoms with Crippen molar-refractivity contribution in [3.8, 4) is 11.1 Å². The van der Waals surface area contributed by atoms with Crippen molar-refractivity contribution < 1.29 is 23.2 Å². The van der Waals surface area contributed by atoms with Crippen LogP contribution in [0.5, 0.6) is 0 Å². The van der Waals surface area contributed by atoms with E-state index in [1.165, 1.54) is 6.07 Å². The second kappa shape index (κ2) is 9.69. The van der Waals surface area contributed by atoms with Crippen LogP contribution in [0.2, 0.25) is 0 Å². The summed E-state index contributed by atoms with van der Waals surface area (Å²) in [6, 6.07) is 22.3. The highest BCUT2D eigenvalue weighted by atomic mass is 32.2. The van der Waals surface area contributed by atoms with Crippen LogP contribution in [0.3, 0.4) is 0 Å². The topological polar surface area (TPSA) is 107 Å². The molecular weight excluding hydrogens is 402 g/mol. The van der Waals surface area contributed by atoms with Gasteiger partial charge < -0.3 is 15.5 Å². The number of hydrogen-bond acceptors (Lipinski definition) is 5. The van der Waals surface area contributed by atoms with Gasteiger partial charge in [-0.05, 0) is 34.4 Å². The summed E-state index contributed by atoms with van der Waals surface area (Å²) >= 11 is 0. The summed E-state index contributed by atoms with van der Waals surface area (Å²) in [6.07, 6.45) is 2.41. The maximum absolute atomic E-state index is 11.8. The molecule has 0 aliphatic carbocycles. The molecule has 7 heteroatoms. The fraction of sp³-hybridized carbons (Fsp3) is 0.130. The van der Waals surface area contributed by atoms with E-state index in [0.29, 0.717) is 11.3 Å². The molecule has 0 aliphatic rings. The van der Waals surface area contributed by atoms with Crippen molar-refractivity contribution in [2.24, 2.45) is 0 Å². The van der Waals surface area contributed by atoms with Crippen LogP contribution < -0.4 is 5.32 Å². The molecule has 6 nitrogen and oxygen atoms in total. The standard InChI is InChI=1S/C23H23NO5S/c25-16-22(26)15-24-21-13-12-20(23(14-21)30(27,28)29)11-8-17-6-9-19(10-7-17)18-4-2-1-3-5-18/h1-14,22,24-26H,15-16H2,(H,27,28,29). The van der Waals surface area contributed by atoms with Crippen LogP contribution >= 0.6 is 0 Å². The molecule has 0 fully saturated rings. The Bertz CT molecular complexity index is 1110. The smallest absolute Gasteiger partial charge is 0.295 e. The van der Waals surface area contributed by atoms with E-state index in [1.54, 1.807) is 24.3 Å². The molecule has 0 heterocycles. The summed E-state index contributed by atoms with van der Waals surface area (Å²) in [7, 11) is -4.45. The number of hydrogen-bond donors (Lipinski definition) is 4. The Balaban J connectivity index is 1.82. The zero-order chi connectivity index (χ0) is 21.6. The molecule has 30 heavy (non-hydrogen) atoms. The lowest BCUT2D eigenvalue weighted by Crippen LogP contribution is -2.23. The number of benzene rings is 3. The second-order valence-electron chi connectivity index (χ2n) is 6.77. The first-order chi connectivity index (χ1) is 14.4. The molecule has 3 aromatic carbocycles. The van der Waals surface area contributed by atoms with Gasteiger partial charge in [0.15, 0.2) is 0 Å². The van der Waals surface area contributed by atoms with Gasteiger partial charge in [-0.1, -0.05) is 72.8 Å². The van der Waals surface area contributed by atoms with Crippen LogP contribution in [0.25, 0.3) is 23.3 Å². The van der Waals surface area contributed by atoms with Crippen molar-refractivity contribution in [3.63, 3.8) is 0 Å². The van der Waals surface area contributed by atoms with Gasteiger partial charge in [0.05, 0.1) is 12.7 Å². The maximum atomic E-state index is 11.8. The van der Waals surface area contributed by atoms with Crippen LogP contribution in [0.1, 0.15) is 11.1 Å². The lowest BCUT2D eigenvalue weighted by molar-refractivity contribution is 0.105. The molecule has 0 radical (unpaired) electrons. The Morgan fingerprint density at radius 2 is 1.57 bits per heavy atom. The monoisotopic (exact) mass is 425 g/mol. The summed E-state index contributed by atoms with van der Waals surface area (Å²) in [5.74, 6) is 0. The molecule has 1 atom stereocenters. The van der Waals surface area contributed by atoms with Gasteiger partial charge in [-0.3, -0.25) is 4.55 Å². The van der Waals surface area contributed by atoms with E-state index in [9.17, 15) is 18.1 Å². The fourth-order valence-corrected chi connectivity index (χ4v) is 3.62. The van der Waals surface area contributed by atoms with E-state index in [2.05, 4.69) is 5.32 Å². The van der Waals surface area contributed by atoms with Crippen LogP contribution in [0.4, 0.5) is 5.69 Å². The molecule has 3 aromatic rings. The van der Waals surface area contributed by atoms with Gasteiger partial charge >= 0.3 is 0 Å². The summed E-state index contributed by atoms with van der Waals surface area (Å²) in [6.45, 7) is -0.369. The maximum Gasteiger partial charge on any atom is 0.295 e. The van der Waals surface area contributed by atoms with Crippen molar-refractivity contribution in [2.75, 3.05) is 18.5 Å². The van der Waals surface area contributed by atoms with Crippen LogP contribution in [0, 0.1) is 0 Å². The molecule has 0 aromatic heterocycles. The van der Waals surface area contributed by atoms with E-state index < -0.39 is 22.8 Å². The van der Waals surface area contributed by atoms with Crippen molar-refractivity contribution in [3.05, 3.63) is 83.9 Å². The average molecular weight is 426 g/mol. The quantitative estimate of drug-likeness (QED) is 0.325. The predicted molar refractivity (Wildman–Crippen MR) is 119 cm³/mol. The molecule has 3 rings (SSSR count). The summed E-state index contributed by atoms with van der Waals surface area (Å²) < 4.78 is 33.2. The minimum Gasteiger partial charge on any atom is -0.394 e. The van der Waals surface area contributed by atoms with Gasteiger partial charge in [-0.2, -0.15) is 8.42 Å². The molecule has 0 spiro atoms. The highest BCUT2D eigenvalue weighted by molar-refractivity contribution is 7.86. The largest absolute Gasteiger partial charge is 0.394 e. The van der Waals surface area contributed by atoms with E-state index in [4.69, 9.17) is 5.11 Å². The molecular formula is C23H23NO5S. The zero-order valence-electron chi connectivity index (χ0n) is 16.1. The Hall–Kier alpha value is -2.97. The summed E-state index contributed by atoms with van der Waals surface area (Å²) in [5, 5.41) is 21.1. The van der Waals surface area contributed by atoms with Gasteiger partial charge in [0, 0.05) is 12.2 Å². The Morgan fingerprint density at radius 1 is 0.900 bits per heavy atom. The van der Waals surface area contributed by atoms with Crippen LogP contribution in [-0.4, -0.2) is 42.4 Å². The minimum atomic E-state index is -4.45. The highest BCUT2D eigenvalue weighted by Gasteiger charge is 2.15. The third-order valence-corrected chi connectivity index (χ3v) is 5.43. The van der Waals surface area contributed by atoms with E-state index in [-0.39, 0.29) is 11.4 Å². The van der Waals surface area contributed by atoms with Crippen LogP contribution in [-0.2, 0) is 10.1 Å². The Kier molecular flexibility index (Phi) is 7.02. The molecule has 0 amide bonds. The Labute approximate surface area is 175 Å². The minimum absolute atomic E-state index is 0.0460. The molecule has 0 aliphatic heterocycles. The lowest BCUT2D eigenvalue weighted by Gasteiger charge is -2.12. The number of nitrogens with one attached hydrogen (secondary N) is 1. The molecule has 0 saturated carbocycles. The molecule has 0 saturated heterocycles. The van der Waals surface area contributed by atoms with Crippen molar-refractivity contribution in [1.29, 1.82) is 0 Å². The van der Waals surface area contributed by atoms with Crippen molar-refractivity contribution in [2.45, 2.75) is 11.0 Å². The van der Waals surface area contributed by atoms with E-state index in [1.807, 2.05) is 54.6 Å². The van der Waals surface area contributed by atoms with Crippen molar-refractivity contribution >= 4 is 28.0 Å². The number of rotatable bonds is 8. The van der Waals surface area contributed by atoms with Gasteiger partial charge in [0.2, 0.25) is 0 Å². The Morgan fingerprint density at radius 3 is 2.20 bits per heavy atom. The van der Waals surface area contributed by atoms with Gasteiger partial charge in [-0.25, -0.2) is 0 Å². The van der Waals surface area contributed by atoms with Crippen molar-refractivity contribution in [1.82, 2.24) is 0 Å². The van der Waals surface area contributed by atoms with Gasteiger partial charge in [-0.15, -0.1) is 0 Å².